The Morgan fingerprint density at radius 1 is 1.15 bits per heavy atom. The first-order chi connectivity index (χ1) is 12.2. The summed E-state index contributed by atoms with van der Waals surface area (Å²) in [6, 6.07) is 10.7. The number of carbonyl (C=O) groups is 3. The number of aliphatic hydroxyl groups is 1. The SMILES string of the molecule is NC(=O)CN1C(=O)C(O)(CC(=O)c2ccc(Cl)cc2Cl)c2ccccc21. The van der Waals surface area contributed by atoms with Crippen LogP contribution >= 0.6 is 23.2 Å². The first-order valence-electron chi connectivity index (χ1n) is 7.64. The molecule has 2 aromatic carbocycles. The van der Waals surface area contributed by atoms with E-state index >= 15 is 0 Å². The third-order valence-corrected chi connectivity index (χ3v) is 4.75. The van der Waals surface area contributed by atoms with Crippen LogP contribution in [-0.4, -0.2) is 29.2 Å². The van der Waals surface area contributed by atoms with E-state index in [2.05, 4.69) is 0 Å². The number of rotatable bonds is 5. The lowest BCUT2D eigenvalue weighted by Gasteiger charge is -2.22. The number of nitrogens with zero attached hydrogens (tertiary/aromatic N) is 1. The van der Waals surface area contributed by atoms with Crippen molar-refractivity contribution in [1.82, 2.24) is 0 Å². The molecule has 0 saturated heterocycles. The molecule has 0 aromatic heterocycles. The maximum Gasteiger partial charge on any atom is 0.264 e. The van der Waals surface area contributed by atoms with Gasteiger partial charge in [0.05, 0.1) is 17.1 Å². The summed E-state index contributed by atoms with van der Waals surface area (Å²) >= 11 is 11.9. The molecule has 0 saturated carbocycles. The molecular formula is C18H14Cl2N2O4. The Kier molecular flexibility index (Phi) is 4.75. The third kappa shape index (κ3) is 3.07. The third-order valence-electron chi connectivity index (χ3n) is 4.20. The number of hydrogen-bond donors (Lipinski definition) is 2. The zero-order valence-corrected chi connectivity index (χ0v) is 14.9. The smallest absolute Gasteiger partial charge is 0.264 e. The largest absolute Gasteiger partial charge is 0.375 e. The molecule has 2 aromatic rings. The van der Waals surface area contributed by atoms with E-state index in [1.165, 1.54) is 24.3 Å². The maximum absolute atomic E-state index is 12.8. The van der Waals surface area contributed by atoms with Gasteiger partial charge in [0, 0.05) is 16.1 Å². The molecule has 3 N–H and O–H groups in total. The van der Waals surface area contributed by atoms with E-state index in [1.807, 2.05) is 0 Å². The van der Waals surface area contributed by atoms with Crippen molar-refractivity contribution in [3.05, 3.63) is 63.6 Å². The van der Waals surface area contributed by atoms with Crippen LogP contribution in [0.15, 0.2) is 42.5 Å². The van der Waals surface area contributed by atoms with Gasteiger partial charge in [0.25, 0.3) is 5.91 Å². The summed E-state index contributed by atoms with van der Waals surface area (Å²) in [5.41, 5.74) is 3.81. The van der Waals surface area contributed by atoms with E-state index < -0.39 is 36.2 Å². The van der Waals surface area contributed by atoms with E-state index in [0.29, 0.717) is 10.7 Å². The Bertz CT molecular complexity index is 931. The normalized spacial score (nSPS) is 18.7. The van der Waals surface area contributed by atoms with Gasteiger partial charge in [0.15, 0.2) is 11.4 Å². The molecule has 2 amide bonds. The zero-order chi connectivity index (χ0) is 19.1. The molecule has 1 aliphatic heterocycles. The fourth-order valence-electron chi connectivity index (χ4n) is 3.03. The van der Waals surface area contributed by atoms with Gasteiger partial charge in [-0.05, 0) is 24.3 Å². The molecule has 0 spiro atoms. The number of hydrogen-bond acceptors (Lipinski definition) is 4. The average Bonchev–Trinajstić information content (AvgIpc) is 2.77. The van der Waals surface area contributed by atoms with Gasteiger partial charge < -0.3 is 10.8 Å². The van der Waals surface area contributed by atoms with Crippen LogP contribution in [0.4, 0.5) is 5.69 Å². The Hall–Kier alpha value is -2.41. The number of amides is 2. The highest BCUT2D eigenvalue weighted by molar-refractivity contribution is 6.37. The molecule has 26 heavy (non-hydrogen) atoms. The lowest BCUT2D eigenvalue weighted by atomic mass is 9.88. The number of para-hydroxylation sites is 1. The van der Waals surface area contributed by atoms with Gasteiger partial charge in [-0.3, -0.25) is 19.3 Å². The topological polar surface area (TPSA) is 101 Å². The molecule has 8 heteroatoms. The maximum atomic E-state index is 12.8. The summed E-state index contributed by atoms with van der Waals surface area (Å²) in [6.45, 7) is -0.395. The molecule has 6 nitrogen and oxygen atoms in total. The van der Waals surface area contributed by atoms with Gasteiger partial charge >= 0.3 is 0 Å². The van der Waals surface area contributed by atoms with Crippen molar-refractivity contribution in [2.75, 3.05) is 11.4 Å². The van der Waals surface area contributed by atoms with Gasteiger partial charge in [0.2, 0.25) is 5.91 Å². The van der Waals surface area contributed by atoms with Crippen LogP contribution in [0.1, 0.15) is 22.3 Å². The van der Waals surface area contributed by atoms with Crippen LogP contribution in [0.25, 0.3) is 0 Å². The predicted octanol–water partition coefficient (Wildman–Crippen LogP) is 2.29. The molecule has 0 bridgehead atoms. The predicted molar refractivity (Wildman–Crippen MR) is 97.3 cm³/mol. The number of fused-ring (bicyclic) bond motifs is 1. The molecular weight excluding hydrogens is 379 g/mol. The molecule has 134 valence electrons. The standard InChI is InChI=1S/C18H14Cl2N2O4/c19-10-5-6-11(13(20)7-10)15(23)8-18(26)12-3-1-2-4-14(12)22(17(18)25)9-16(21)24/h1-7,26H,8-9H2,(H2,21,24). The van der Waals surface area contributed by atoms with Crippen molar-refractivity contribution in [2.24, 2.45) is 5.73 Å². The molecule has 1 atom stereocenters. The Morgan fingerprint density at radius 3 is 2.50 bits per heavy atom. The van der Waals surface area contributed by atoms with Crippen LogP contribution in [0.3, 0.4) is 0 Å². The summed E-state index contributed by atoms with van der Waals surface area (Å²) in [6.07, 6.45) is -0.528. The monoisotopic (exact) mass is 392 g/mol. The lowest BCUT2D eigenvalue weighted by Crippen LogP contribution is -2.44. The van der Waals surface area contributed by atoms with Gasteiger partial charge in [-0.25, -0.2) is 0 Å². The highest BCUT2D eigenvalue weighted by Crippen LogP contribution is 2.43. The zero-order valence-electron chi connectivity index (χ0n) is 13.4. The van der Waals surface area contributed by atoms with E-state index in [9.17, 15) is 19.5 Å². The number of primary amides is 1. The number of carbonyl (C=O) groups excluding carboxylic acids is 3. The number of anilines is 1. The van der Waals surface area contributed by atoms with Gasteiger partial charge in [0.1, 0.15) is 6.54 Å². The minimum Gasteiger partial charge on any atom is -0.375 e. The van der Waals surface area contributed by atoms with Crippen LogP contribution in [0, 0.1) is 0 Å². The van der Waals surface area contributed by atoms with E-state index in [-0.39, 0.29) is 16.1 Å². The van der Waals surface area contributed by atoms with Crippen molar-refractivity contribution in [3.63, 3.8) is 0 Å². The molecule has 3 rings (SSSR count). The second-order valence-electron chi connectivity index (χ2n) is 5.96. The number of halogens is 2. The van der Waals surface area contributed by atoms with Gasteiger partial charge in [-0.1, -0.05) is 41.4 Å². The van der Waals surface area contributed by atoms with Crippen molar-refractivity contribution >= 4 is 46.5 Å². The minimum atomic E-state index is -2.11. The number of ketones is 1. The summed E-state index contributed by atoms with van der Waals surface area (Å²) in [5, 5.41) is 11.5. The fourth-order valence-corrected chi connectivity index (χ4v) is 3.55. The quantitative estimate of drug-likeness (QED) is 0.762. The summed E-state index contributed by atoms with van der Waals surface area (Å²) in [5.74, 6) is -2.04. The average molecular weight is 393 g/mol. The molecule has 0 fully saturated rings. The highest BCUT2D eigenvalue weighted by atomic mass is 35.5. The Labute approximate surface area is 159 Å². The summed E-state index contributed by atoms with van der Waals surface area (Å²) in [4.78, 5) is 37.8. The van der Waals surface area contributed by atoms with Crippen molar-refractivity contribution in [2.45, 2.75) is 12.0 Å². The van der Waals surface area contributed by atoms with Crippen molar-refractivity contribution < 1.29 is 19.5 Å². The summed E-state index contributed by atoms with van der Waals surface area (Å²) in [7, 11) is 0. The van der Waals surface area contributed by atoms with Gasteiger partial charge in [-0.2, -0.15) is 0 Å². The van der Waals surface area contributed by atoms with Gasteiger partial charge in [-0.15, -0.1) is 0 Å². The fraction of sp³-hybridized carbons (Fsp3) is 0.167. The first kappa shape index (κ1) is 18.4. The van der Waals surface area contributed by atoms with E-state index in [4.69, 9.17) is 28.9 Å². The van der Waals surface area contributed by atoms with Crippen molar-refractivity contribution in [1.29, 1.82) is 0 Å². The van der Waals surface area contributed by atoms with E-state index in [0.717, 1.165) is 4.90 Å². The number of Topliss-reactive ketones (excluding diaryl/α,β-unsaturated/α-hetero) is 1. The molecule has 0 radical (unpaired) electrons. The molecule has 1 unspecified atom stereocenters. The van der Waals surface area contributed by atoms with Crippen molar-refractivity contribution in [3.8, 4) is 0 Å². The van der Waals surface area contributed by atoms with Crippen LogP contribution in [-0.2, 0) is 15.2 Å². The molecule has 1 aliphatic rings. The molecule has 1 heterocycles. The van der Waals surface area contributed by atoms with E-state index in [1.54, 1.807) is 18.2 Å². The minimum absolute atomic E-state index is 0.124. The number of nitrogens with two attached hydrogens (primary N) is 1. The number of benzene rings is 2. The Balaban J connectivity index is 1.99. The Morgan fingerprint density at radius 2 is 1.85 bits per heavy atom. The highest BCUT2D eigenvalue weighted by Gasteiger charge is 2.51. The second kappa shape index (κ2) is 6.72. The first-order valence-corrected chi connectivity index (χ1v) is 8.40. The van der Waals surface area contributed by atoms with Crippen LogP contribution in [0.5, 0.6) is 0 Å². The second-order valence-corrected chi connectivity index (χ2v) is 6.80. The summed E-state index contributed by atoms with van der Waals surface area (Å²) < 4.78 is 0. The van der Waals surface area contributed by atoms with Crippen LogP contribution in [0.2, 0.25) is 10.0 Å². The molecule has 0 aliphatic carbocycles. The van der Waals surface area contributed by atoms with Crippen LogP contribution < -0.4 is 10.6 Å². The lowest BCUT2D eigenvalue weighted by molar-refractivity contribution is -0.136.